The van der Waals surface area contributed by atoms with E-state index < -0.39 is 0 Å². The Kier molecular flexibility index (Phi) is 3.56. The first-order valence-corrected chi connectivity index (χ1v) is 5.98. The molecule has 2 heterocycles. The van der Waals surface area contributed by atoms with Gasteiger partial charge in [-0.3, -0.25) is 9.78 Å². The van der Waals surface area contributed by atoms with Crippen molar-refractivity contribution in [2.45, 2.75) is 26.7 Å². The maximum Gasteiger partial charge on any atom is 0.241 e. The number of likely N-dealkylation sites (tertiary alicyclic amines) is 1. The fourth-order valence-corrected chi connectivity index (χ4v) is 1.87. The largest absolute Gasteiger partial charge is 0.360 e. The molecule has 0 bridgehead atoms. The molecule has 1 aliphatic rings. The third-order valence-electron chi connectivity index (χ3n) is 3.07. The molecule has 0 aliphatic carbocycles. The molecule has 1 aliphatic heterocycles. The number of rotatable bonds is 3. The third-order valence-corrected chi connectivity index (χ3v) is 3.07. The number of hydrogen-bond acceptors (Lipinski definition) is 4. The van der Waals surface area contributed by atoms with Gasteiger partial charge in [0.2, 0.25) is 5.91 Å². The van der Waals surface area contributed by atoms with Crippen LogP contribution in [0, 0.1) is 13.8 Å². The normalized spacial score (nSPS) is 15.1. The van der Waals surface area contributed by atoms with Crippen molar-refractivity contribution in [1.82, 2.24) is 14.9 Å². The van der Waals surface area contributed by atoms with Crippen molar-refractivity contribution < 1.29 is 4.79 Å². The highest BCUT2D eigenvalue weighted by Crippen LogP contribution is 2.09. The molecule has 1 fully saturated rings. The highest BCUT2D eigenvalue weighted by atomic mass is 16.2. The quantitative estimate of drug-likeness (QED) is 0.851. The van der Waals surface area contributed by atoms with Crippen LogP contribution in [0.25, 0.3) is 0 Å². The lowest BCUT2D eigenvalue weighted by molar-refractivity contribution is -0.128. The van der Waals surface area contributed by atoms with Crippen LogP contribution < -0.4 is 5.32 Å². The van der Waals surface area contributed by atoms with Crippen molar-refractivity contribution >= 4 is 11.7 Å². The van der Waals surface area contributed by atoms with Gasteiger partial charge >= 0.3 is 0 Å². The van der Waals surface area contributed by atoms with Crippen molar-refractivity contribution in [2.75, 3.05) is 25.0 Å². The molecule has 1 aromatic heterocycles. The predicted octanol–water partition coefficient (Wildman–Crippen LogP) is 1.13. The van der Waals surface area contributed by atoms with Gasteiger partial charge in [0.25, 0.3) is 0 Å². The van der Waals surface area contributed by atoms with Crippen LogP contribution in [0.5, 0.6) is 0 Å². The Balaban J connectivity index is 1.88. The van der Waals surface area contributed by atoms with Gasteiger partial charge in [0, 0.05) is 13.1 Å². The number of hydrogen-bond donors (Lipinski definition) is 1. The van der Waals surface area contributed by atoms with E-state index in [1.807, 2.05) is 18.7 Å². The Morgan fingerprint density at radius 3 is 2.71 bits per heavy atom. The summed E-state index contributed by atoms with van der Waals surface area (Å²) in [5.41, 5.74) is 1.81. The zero-order valence-electron chi connectivity index (χ0n) is 10.4. The summed E-state index contributed by atoms with van der Waals surface area (Å²) in [6.45, 7) is 5.91. The van der Waals surface area contributed by atoms with Crippen molar-refractivity contribution in [3.8, 4) is 0 Å². The Labute approximate surface area is 101 Å². The van der Waals surface area contributed by atoms with Crippen LogP contribution in [-0.4, -0.2) is 40.4 Å². The van der Waals surface area contributed by atoms with Crippen molar-refractivity contribution in [2.24, 2.45) is 0 Å². The topological polar surface area (TPSA) is 58.1 Å². The summed E-state index contributed by atoms with van der Waals surface area (Å²) in [4.78, 5) is 22.2. The Hall–Kier alpha value is -1.65. The number of aromatic nitrogens is 2. The smallest absolute Gasteiger partial charge is 0.241 e. The molecular weight excluding hydrogens is 216 g/mol. The fraction of sp³-hybridized carbons (Fsp3) is 0.583. The first-order valence-electron chi connectivity index (χ1n) is 5.98. The van der Waals surface area contributed by atoms with Gasteiger partial charge in [-0.15, -0.1) is 0 Å². The Bertz CT molecular complexity index is 413. The average Bonchev–Trinajstić information content (AvgIpc) is 2.84. The lowest BCUT2D eigenvalue weighted by Gasteiger charge is -2.15. The Morgan fingerprint density at radius 1 is 1.35 bits per heavy atom. The highest BCUT2D eigenvalue weighted by Gasteiger charge is 2.17. The van der Waals surface area contributed by atoms with E-state index in [9.17, 15) is 4.79 Å². The van der Waals surface area contributed by atoms with Gasteiger partial charge in [-0.1, -0.05) is 0 Å². The third kappa shape index (κ3) is 2.93. The van der Waals surface area contributed by atoms with E-state index in [4.69, 9.17) is 0 Å². The van der Waals surface area contributed by atoms with Crippen molar-refractivity contribution in [1.29, 1.82) is 0 Å². The number of nitrogens with one attached hydrogen (secondary N) is 1. The molecule has 5 nitrogen and oxygen atoms in total. The van der Waals surface area contributed by atoms with Crippen molar-refractivity contribution in [3.05, 3.63) is 17.6 Å². The SMILES string of the molecule is Cc1ncc(NCC(=O)N2CCCC2)nc1C. The lowest BCUT2D eigenvalue weighted by atomic mass is 10.3. The summed E-state index contributed by atoms with van der Waals surface area (Å²) in [7, 11) is 0. The number of carbonyl (C=O) groups excluding carboxylic acids is 1. The van der Waals surface area contributed by atoms with Crippen LogP contribution in [-0.2, 0) is 4.79 Å². The summed E-state index contributed by atoms with van der Waals surface area (Å²) < 4.78 is 0. The standard InChI is InChI=1S/C12H18N4O/c1-9-10(2)15-11(7-13-9)14-8-12(17)16-5-3-4-6-16/h7H,3-6,8H2,1-2H3,(H,14,15). The summed E-state index contributed by atoms with van der Waals surface area (Å²) in [5, 5.41) is 3.02. The zero-order chi connectivity index (χ0) is 12.3. The first-order chi connectivity index (χ1) is 8.16. The number of amides is 1. The minimum Gasteiger partial charge on any atom is -0.360 e. The minimum absolute atomic E-state index is 0.141. The number of nitrogens with zero attached hydrogens (tertiary/aromatic N) is 3. The number of carbonyl (C=O) groups is 1. The molecule has 5 heteroatoms. The monoisotopic (exact) mass is 234 g/mol. The molecule has 0 radical (unpaired) electrons. The molecule has 1 amide bonds. The number of aryl methyl sites for hydroxylation is 2. The van der Waals surface area contributed by atoms with Crippen LogP contribution in [0.2, 0.25) is 0 Å². The summed E-state index contributed by atoms with van der Waals surface area (Å²) >= 11 is 0. The highest BCUT2D eigenvalue weighted by molar-refractivity contribution is 5.80. The van der Waals surface area contributed by atoms with Gasteiger partial charge in [-0.05, 0) is 26.7 Å². The van der Waals surface area contributed by atoms with Gasteiger partial charge in [-0.2, -0.15) is 0 Å². The molecule has 0 spiro atoms. The van der Waals surface area contributed by atoms with E-state index in [0.717, 1.165) is 37.3 Å². The van der Waals surface area contributed by atoms with Gasteiger partial charge < -0.3 is 10.2 Å². The maximum atomic E-state index is 11.8. The Morgan fingerprint density at radius 2 is 2.06 bits per heavy atom. The number of anilines is 1. The molecule has 17 heavy (non-hydrogen) atoms. The molecule has 1 aromatic rings. The summed E-state index contributed by atoms with van der Waals surface area (Å²) in [6.07, 6.45) is 3.91. The molecule has 0 atom stereocenters. The van der Waals surface area contributed by atoms with Crippen LogP contribution in [0.1, 0.15) is 24.2 Å². The first kappa shape index (κ1) is 11.8. The average molecular weight is 234 g/mol. The van der Waals surface area contributed by atoms with Gasteiger partial charge in [-0.25, -0.2) is 4.98 Å². The van der Waals surface area contributed by atoms with Gasteiger partial charge in [0.15, 0.2) is 0 Å². The van der Waals surface area contributed by atoms with Crippen LogP contribution in [0.4, 0.5) is 5.82 Å². The second-order valence-electron chi connectivity index (χ2n) is 4.37. The molecule has 0 aromatic carbocycles. The molecule has 92 valence electrons. The molecule has 1 N–H and O–H groups in total. The second-order valence-corrected chi connectivity index (χ2v) is 4.37. The van der Waals surface area contributed by atoms with E-state index in [0.29, 0.717) is 12.4 Å². The van der Waals surface area contributed by atoms with E-state index in [1.54, 1.807) is 6.20 Å². The molecule has 1 saturated heterocycles. The van der Waals surface area contributed by atoms with Crippen LogP contribution in [0.3, 0.4) is 0 Å². The van der Waals surface area contributed by atoms with Crippen molar-refractivity contribution in [3.63, 3.8) is 0 Å². The lowest BCUT2D eigenvalue weighted by Crippen LogP contribution is -2.33. The van der Waals surface area contributed by atoms with Gasteiger partial charge in [0.05, 0.1) is 24.1 Å². The second kappa shape index (κ2) is 5.12. The molecule has 0 unspecified atom stereocenters. The molecule has 0 saturated carbocycles. The summed E-state index contributed by atoms with van der Waals surface area (Å²) in [5.74, 6) is 0.808. The summed E-state index contributed by atoms with van der Waals surface area (Å²) in [6, 6.07) is 0. The van der Waals surface area contributed by atoms with E-state index in [1.165, 1.54) is 0 Å². The molecule has 2 rings (SSSR count). The molecular formula is C12H18N4O. The fourth-order valence-electron chi connectivity index (χ4n) is 1.87. The van der Waals surface area contributed by atoms with Crippen LogP contribution in [0.15, 0.2) is 6.20 Å². The van der Waals surface area contributed by atoms with E-state index in [2.05, 4.69) is 15.3 Å². The van der Waals surface area contributed by atoms with E-state index in [-0.39, 0.29) is 5.91 Å². The maximum absolute atomic E-state index is 11.8. The van der Waals surface area contributed by atoms with Gasteiger partial charge in [0.1, 0.15) is 5.82 Å². The van der Waals surface area contributed by atoms with Crippen LogP contribution >= 0.6 is 0 Å². The predicted molar refractivity (Wildman–Crippen MR) is 65.8 cm³/mol. The van der Waals surface area contributed by atoms with E-state index >= 15 is 0 Å². The minimum atomic E-state index is 0.141. The zero-order valence-corrected chi connectivity index (χ0v) is 10.4.